The summed E-state index contributed by atoms with van der Waals surface area (Å²) >= 11 is 0. The van der Waals surface area contributed by atoms with Gasteiger partial charge < -0.3 is 21.1 Å². The number of aliphatic hydroxyl groups is 1. The number of alkyl halides is 6. The van der Waals surface area contributed by atoms with Crippen molar-refractivity contribution >= 4 is 27.5 Å². The van der Waals surface area contributed by atoms with E-state index in [1.165, 1.54) is 18.2 Å². The van der Waals surface area contributed by atoms with Crippen LogP contribution in [0.2, 0.25) is 0 Å². The SMILES string of the molecule is CS(=O)(=O)c1ccc2c(c1)CN(C(N)=O)C2(C(=O)Nc1ccc(C(O)(C(F)(F)F)C(F)(F)F)cc1)C1CC1. The van der Waals surface area contributed by atoms with Gasteiger partial charge in [-0.1, -0.05) is 18.2 Å². The van der Waals surface area contributed by atoms with Gasteiger partial charge in [0.2, 0.25) is 0 Å². The van der Waals surface area contributed by atoms with Gasteiger partial charge >= 0.3 is 18.4 Å². The minimum absolute atomic E-state index is 0.0509. The van der Waals surface area contributed by atoms with Gasteiger partial charge in [0.25, 0.3) is 11.5 Å². The van der Waals surface area contributed by atoms with Crippen molar-refractivity contribution in [1.29, 1.82) is 0 Å². The molecule has 1 aliphatic carbocycles. The standard InChI is InChI=1S/C23H21F6N3O5S/c1-38(36,37)16-8-9-17-12(10-16)11-32(19(30)34)20(17,13-2-3-13)18(33)31-15-6-4-14(5-7-15)21(35,22(24,25)26)23(27,28)29/h4-10,13,35H,2-3,11H2,1H3,(H2,30,34)(H,31,33). The van der Waals surface area contributed by atoms with Crippen LogP contribution in [0.15, 0.2) is 47.4 Å². The summed E-state index contributed by atoms with van der Waals surface area (Å²) in [4.78, 5) is 27.1. The maximum absolute atomic E-state index is 13.7. The molecular formula is C23H21F6N3O5S. The molecule has 0 bridgehead atoms. The number of halogens is 6. The van der Waals surface area contributed by atoms with Crippen molar-refractivity contribution in [3.63, 3.8) is 0 Å². The summed E-state index contributed by atoms with van der Waals surface area (Å²) in [5.41, 5.74) is -2.31. The number of nitrogens with two attached hydrogens (primary N) is 1. The summed E-state index contributed by atoms with van der Waals surface area (Å²) in [6.45, 7) is -0.193. The van der Waals surface area contributed by atoms with Gasteiger partial charge in [0.1, 0.15) is 0 Å². The first-order valence-corrected chi connectivity index (χ1v) is 12.9. The smallest absolute Gasteiger partial charge is 0.369 e. The Labute approximate surface area is 212 Å². The first-order chi connectivity index (χ1) is 17.3. The number of anilines is 1. The molecule has 206 valence electrons. The van der Waals surface area contributed by atoms with E-state index in [-0.39, 0.29) is 17.1 Å². The lowest BCUT2D eigenvalue weighted by molar-refractivity contribution is -0.376. The number of nitrogens with zero attached hydrogens (tertiary/aromatic N) is 1. The van der Waals surface area contributed by atoms with Crippen molar-refractivity contribution in [2.24, 2.45) is 11.7 Å². The van der Waals surface area contributed by atoms with E-state index in [0.29, 0.717) is 36.1 Å². The van der Waals surface area contributed by atoms with Crippen LogP contribution in [0.1, 0.15) is 29.5 Å². The summed E-state index contributed by atoms with van der Waals surface area (Å²) in [7, 11) is -3.63. The number of rotatable bonds is 5. The number of urea groups is 1. The molecule has 8 nitrogen and oxygen atoms in total. The number of carbonyl (C=O) groups excluding carboxylic acids is 2. The van der Waals surface area contributed by atoms with Crippen LogP contribution in [-0.4, -0.2) is 49.0 Å². The Kier molecular flexibility index (Phi) is 6.26. The van der Waals surface area contributed by atoms with E-state index in [2.05, 4.69) is 5.32 Å². The van der Waals surface area contributed by atoms with E-state index in [4.69, 9.17) is 5.73 Å². The summed E-state index contributed by atoms with van der Waals surface area (Å²) in [5, 5.41) is 12.0. The Balaban J connectivity index is 1.74. The predicted octanol–water partition coefficient (Wildman–Crippen LogP) is 3.54. The highest BCUT2D eigenvalue weighted by atomic mass is 32.2. The lowest BCUT2D eigenvalue weighted by atomic mass is 9.83. The predicted molar refractivity (Wildman–Crippen MR) is 120 cm³/mol. The fourth-order valence-electron chi connectivity index (χ4n) is 4.88. The minimum atomic E-state index is -6.08. The van der Waals surface area contributed by atoms with Crippen molar-refractivity contribution in [3.05, 3.63) is 59.2 Å². The number of hydrogen-bond donors (Lipinski definition) is 3. The topological polar surface area (TPSA) is 130 Å². The molecule has 1 heterocycles. The molecule has 0 spiro atoms. The van der Waals surface area contributed by atoms with Gasteiger partial charge in [-0.2, -0.15) is 26.3 Å². The minimum Gasteiger partial charge on any atom is -0.369 e. The van der Waals surface area contributed by atoms with Crippen LogP contribution in [0.5, 0.6) is 0 Å². The third-order valence-electron chi connectivity index (χ3n) is 6.83. The highest BCUT2D eigenvalue weighted by Gasteiger charge is 2.71. The van der Waals surface area contributed by atoms with Gasteiger partial charge in [-0.3, -0.25) is 4.79 Å². The van der Waals surface area contributed by atoms with Crippen LogP contribution >= 0.6 is 0 Å². The lowest BCUT2D eigenvalue weighted by Gasteiger charge is -2.37. The molecule has 1 aliphatic heterocycles. The van der Waals surface area contributed by atoms with Crippen molar-refractivity contribution in [3.8, 4) is 0 Å². The van der Waals surface area contributed by atoms with E-state index in [9.17, 15) is 49.5 Å². The Bertz CT molecular complexity index is 1390. The molecule has 2 aliphatic rings. The molecule has 0 radical (unpaired) electrons. The van der Waals surface area contributed by atoms with E-state index in [1.54, 1.807) is 0 Å². The van der Waals surface area contributed by atoms with Gasteiger partial charge in [-0.05, 0) is 54.2 Å². The average molecular weight is 565 g/mol. The molecule has 2 aromatic rings. The highest BCUT2D eigenvalue weighted by Crippen LogP contribution is 2.55. The van der Waals surface area contributed by atoms with Crippen LogP contribution in [-0.2, 0) is 32.3 Å². The third kappa shape index (κ3) is 4.17. The number of sulfone groups is 1. The van der Waals surface area contributed by atoms with Crippen LogP contribution in [0.4, 0.5) is 36.8 Å². The number of nitrogens with one attached hydrogen (secondary N) is 1. The van der Waals surface area contributed by atoms with Crippen molar-refractivity contribution < 1.29 is 49.5 Å². The number of primary amides is 1. The summed E-state index contributed by atoms with van der Waals surface area (Å²) < 4.78 is 103. The molecule has 1 atom stereocenters. The normalized spacial score (nSPS) is 20.3. The Morgan fingerprint density at radius 2 is 1.58 bits per heavy atom. The van der Waals surface area contributed by atoms with Crippen molar-refractivity contribution in [2.75, 3.05) is 11.6 Å². The Morgan fingerprint density at radius 3 is 2.03 bits per heavy atom. The first kappa shape index (κ1) is 27.7. The van der Waals surface area contributed by atoms with E-state index in [1.807, 2.05) is 0 Å². The maximum atomic E-state index is 13.7. The molecule has 4 rings (SSSR count). The van der Waals surface area contributed by atoms with Crippen LogP contribution < -0.4 is 11.1 Å². The zero-order chi connectivity index (χ0) is 28.5. The second-order valence-electron chi connectivity index (χ2n) is 9.29. The van der Waals surface area contributed by atoms with E-state index in [0.717, 1.165) is 23.3 Å². The fourth-order valence-corrected chi connectivity index (χ4v) is 5.55. The molecule has 0 saturated heterocycles. The molecule has 1 fully saturated rings. The summed E-state index contributed by atoms with van der Waals surface area (Å²) in [6, 6.07) is 5.28. The largest absolute Gasteiger partial charge is 0.430 e. The Morgan fingerprint density at radius 1 is 1.03 bits per heavy atom. The molecular weight excluding hydrogens is 544 g/mol. The molecule has 3 amide bonds. The van der Waals surface area contributed by atoms with Gasteiger partial charge in [0, 0.05) is 24.1 Å². The van der Waals surface area contributed by atoms with Gasteiger partial charge in [0.05, 0.1) is 4.90 Å². The number of benzene rings is 2. The molecule has 15 heteroatoms. The Hall–Kier alpha value is -3.33. The number of amides is 3. The third-order valence-corrected chi connectivity index (χ3v) is 7.94. The summed E-state index contributed by atoms with van der Waals surface area (Å²) in [6.07, 6.45) is -10.2. The highest BCUT2D eigenvalue weighted by molar-refractivity contribution is 7.90. The number of carbonyl (C=O) groups is 2. The second-order valence-corrected chi connectivity index (χ2v) is 11.3. The zero-order valence-corrected chi connectivity index (χ0v) is 20.3. The maximum Gasteiger partial charge on any atom is 0.430 e. The zero-order valence-electron chi connectivity index (χ0n) is 19.5. The van der Waals surface area contributed by atoms with Crippen LogP contribution in [0.25, 0.3) is 0 Å². The van der Waals surface area contributed by atoms with Crippen molar-refractivity contribution in [2.45, 2.75) is 47.8 Å². The molecule has 2 aromatic carbocycles. The van der Waals surface area contributed by atoms with Gasteiger partial charge in [0.15, 0.2) is 15.4 Å². The van der Waals surface area contributed by atoms with E-state index < -0.39 is 56.7 Å². The molecule has 38 heavy (non-hydrogen) atoms. The molecule has 1 unspecified atom stereocenters. The second kappa shape index (κ2) is 8.59. The van der Waals surface area contributed by atoms with Crippen LogP contribution in [0, 0.1) is 5.92 Å². The van der Waals surface area contributed by atoms with Gasteiger partial charge in [-0.15, -0.1) is 0 Å². The molecule has 0 aromatic heterocycles. The first-order valence-electron chi connectivity index (χ1n) is 11.0. The van der Waals surface area contributed by atoms with Crippen LogP contribution in [0.3, 0.4) is 0 Å². The molecule has 1 saturated carbocycles. The van der Waals surface area contributed by atoms with E-state index >= 15 is 0 Å². The molecule has 4 N–H and O–H groups in total. The van der Waals surface area contributed by atoms with Crippen molar-refractivity contribution in [1.82, 2.24) is 4.90 Å². The quantitative estimate of drug-likeness (QED) is 0.478. The summed E-state index contributed by atoms with van der Waals surface area (Å²) in [5.74, 6) is -1.26. The number of fused-ring (bicyclic) bond motifs is 1. The monoisotopic (exact) mass is 565 g/mol. The average Bonchev–Trinajstić information content (AvgIpc) is 3.57. The fraction of sp³-hybridized carbons (Fsp3) is 0.391. The lowest BCUT2D eigenvalue weighted by Crippen LogP contribution is -2.56. The van der Waals surface area contributed by atoms with Gasteiger partial charge in [-0.25, -0.2) is 13.2 Å². The number of hydrogen-bond acceptors (Lipinski definition) is 5.